The Morgan fingerprint density at radius 1 is 0.619 bits per heavy atom. The van der Waals surface area contributed by atoms with Gasteiger partial charge in [0.15, 0.2) is 0 Å². The Balaban J connectivity index is 2.23. The van der Waals surface area contributed by atoms with Crippen LogP contribution in [-0.4, -0.2) is 0 Å². The molecule has 0 heteroatoms. The van der Waals surface area contributed by atoms with Crippen LogP contribution < -0.4 is 0 Å². The zero-order valence-electron chi connectivity index (χ0n) is 12.4. The third kappa shape index (κ3) is 2.90. The molecule has 0 fully saturated rings. The van der Waals surface area contributed by atoms with Crippen LogP contribution in [0.4, 0.5) is 0 Å². The molecule has 0 nitrogen and oxygen atoms in total. The minimum Gasteiger partial charge on any atom is -0.0651 e. The van der Waals surface area contributed by atoms with Gasteiger partial charge in [-0.3, -0.25) is 0 Å². The summed E-state index contributed by atoms with van der Waals surface area (Å²) in [4.78, 5) is 0. The Bertz CT molecular complexity index is 697. The van der Waals surface area contributed by atoms with Crippen molar-refractivity contribution in [1.29, 1.82) is 0 Å². The quantitative estimate of drug-likeness (QED) is 0.548. The first kappa shape index (κ1) is 13.6. The summed E-state index contributed by atoms with van der Waals surface area (Å²) in [6.45, 7) is 2.24. The van der Waals surface area contributed by atoms with Crippen LogP contribution in [-0.2, 0) is 6.42 Å². The van der Waals surface area contributed by atoms with Crippen LogP contribution >= 0.6 is 0 Å². The van der Waals surface area contributed by atoms with Gasteiger partial charge in [0.05, 0.1) is 0 Å². The number of hydrogen-bond donors (Lipinski definition) is 0. The van der Waals surface area contributed by atoms with E-state index in [1.165, 1.54) is 27.8 Å². The number of hydrogen-bond acceptors (Lipinski definition) is 0. The van der Waals surface area contributed by atoms with Crippen LogP contribution in [0.1, 0.15) is 18.9 Å². The summed E-state index contributed by atoms with van der Waals surface area (Å²) in [7, 11) is 0. The van der Waals surface area contributed by atoms with E-state index in [-0.39, 0.29) is 0 Å². The van der Waals surface area contributed by atoms with Gasteiger partial charge in [0.2, 0.25) is 0 Å². The fraction of sp³-hybridized carbons (Fsp3) is 0.143. The van der Waals surface area contributed by atoms with E-state index in [4.69, 9.17) is 0 Å². The molecule has 0 saturated carbocycles. The SMILES string of the molecule is CCCc1cccc(-c2ccccc2)c1-c1ccccc1. The molecule has 0 aliphatic heterocycles. The molecule has 0 amide bonds. The van der Waals surface area contributed by atoms with Crippen LogP contribution in [0.15, 0.2) is 78.9 Å². The van der Waals surface area contributed by atoms with Crippen molar-refractivity contribution in [2.24, 2.45) is 0 Å². The lowest BCUT2D eigenvalue weighted by Gasteiger charge is -2.15. The highest BCUT2D eigenvalue weighted by Gasteiger charge is 2.11. The summed E-state index contributed by atoms with van der Waals surface area (Å²) < 4.78 is 0. The van der Waals surface area contributed by atoms with Crippen LogP contribution in [0.5, 0.6) is 0 Å². The van der Waals surface area contributed by atoms with Gasteiger partial charge >= 0.3 is 0 Å². The second-order valence-electron chi connectivity index (χ2n) is 5.32. The molecule has 0 radical (unpaired) electrons. The second-order valence-corrected chi connectivity index (χ2v) is 5.32. The molecule has 0 aliphatic rings. The Labute approximate surface area is 127 Å². The standard InChI is InChI=1S/C21H20/c1-2-10-18-15-9-16-20(17-11-5-3-6-12-17)21(18)19-13-7-4-8-14-19/h3-9,11-16H,2,10H2,1H3. The first-order valence-corrected chi connectivity index (χ1v) is 7.63. The van der Waals surface area contributed by atoms with E-state index in [1.807, 2.05) is 0 Å². The van der Waals surface area contributed by atoms with Gasteiger partial charge in [-0.2, -0.15) is 0 Å². The predicted molar refractivity (Wildman–Crippen MR) is 91.3 cm³/mol. The van der Waals surface area contributed by atoms with Gasteiger partial charge in [-0.15, -0.1) is 0 Å². The maximum absolute atomic E-state index is 2.26. The Kier molecular flexibility index (Phi) is 4.16. The van der Waals surface area contributed by atoms with Crippen molar-refractivity contribution in [2.75, 3.05) is 0 Å². The smallest absolute Gasteiger partial charge is 0.00733 e. The largest absolute Gasteiger partial charge is 0.0651 e. The van der Waals surface area contributed by atoms with Gasteiger partial charge in [0.1, 0.15) is 0 Å². The van der Waals surface area contributed by atoms with Gasteiger partial charge < -0.3 is 0 Å². The molecule has 0 N–H and O–H groups in total. The first-order chi connectivity index (χ1) is 10.4. The molecule has 3 rings (SSSR count). The van der Waals surface area contributed by atoms with Gasteiger partial charge in [-0.05, 0) is 34.2 Å². The van der Waals surface area contributed by atoms with E-state index in [2.05, 4.69) is 85.8 Å². The number of rotatable bonds is 4. The maximum Gasteiger partial charge on any atom is -0.00733 e. The van der Waals surface area contributed by atoms with Crippen molar-refractivity contribution in [2.45, 2.75) is 19.8 Å². The Hall–Kier alpha value is -2.34. The third-order valence-electron chi connectivity index (χ3n) is 3.82. The summed E-state index contributed by atoms with van der Waals surface area (Å²) >= 11 is 0. The second kappa shape index (κ2) is 6.41. The zero-order valence-corrected chi connectivity index (χ0v) is 12.4. The average Bonchev–Trinajstić information content (AvgIpc) is 2.56. The van der Waals surface area contributed by atoms with E-state index < -0.39 is 0 Å². The molecule has 0 heterocycles. The molecule has 0 aliphatic carbocycles. The lowest BCUT2D eigenvalue weighted by molar-refractivity contribution is 0.924. The average molecular weight is 272 g/mol. The molecule has 0 saturated heterocycles. The van der Waals surface area contributed by atoms with Crippen molar-refractivity contribution in [3.63, 3.8) is 0 Å². The summed E-state index contributed by atoms with van der Waals surface area (Å²) in [5.41, 5.74) is 6.73. The molecule has 0 atom stereocenters. The molecule has 3 aromatic carbocycles. The maximum atomic E-state index is 2.26. The Morgan fingerprint density at radius 3 is 1.86 bits per heavy atom. The molecular formula is C21H20. The fourth-order valence-corrected chi connectivity index (χ4v) is 2.88. The van der Waals surface area contributed by atoms with Crippen LogP contribution in [0.3, 0.4) is 0 Å². The highest BCUT2D eigenvalue weighted by Crippen LogP contribution is 2.35. The first-order valence-electron chi connectivity index (χ1n) is 7.63. The minimum atomic E-state index is 1.12. The van der Waals surface area contributed by atoms with Crippen molar-refractivity contribution < 1.29 is 0 Å². The van der Waals surface area contributed by atoms with E-state index in [1.54, 1.807) is 0 Å². The third-order valence-corrected chi connectivity index (χ3v) is 3.82. The Morgan fingerprint density at radius 2 is 1.24 bits per heavy atom. The molecule has 104 valence electrons. The normalized spacial score (nSPS) is 10.5. The number of aryl methyl sites for hydroxylation is 1. The van der Waals surface area contributed by atoms with Crippen molar-refractivity contribution in [3.05, 3.63) is 84.4 Å². The van der Waals surface area contributed by atoms with Crippen LogP contribution in [0, 0.1) is 0 Å². The van der Waals surface area contributed by atoms with Gasteiger partial charge in [0.25, 0.3) is 0 Å². The lowest BCUT2D eigenvalue weighted by atomic mass is 9.89. The van der Waals surface area contributed by atoms with E-state index >= 15 is 0 Å². The van der Waals surface area contributed by atoms with Crippen molar-refractivity contribution in [3.8, 4) is 22.3 Å². The summed E-state index contributed by atoms with van der Waals surface area (Å²) in [5.74, 6) is 0. The van der Waals surface area contributed by atoms with Crippen LogP contribution in [0.2, 0.25) is 0 Å². The fourth-order valence-electron chi connectivity index (χ4n) is 2.88. The number of benzene rings is 3. The summed E-state index contributed by atoms with van der Waals surface area (Å²) in [6, 6.07) is 28.1. The monoisotopic (exact) mass is 272 g/mol. The zero-order chi connectivity index (χ0) is 14.5. The molecule has 0 bridgehead atoms. The minimum absolute atomic E-state index is 1.12. The van der Waals surface area contributed by atoms with E-state index in [0.29, 0.717) is 0 Å². The van der Waals surface area contributed by atoms with Crippen molar-refractivity contribution >= 4 is 0 Å². The van der Waals surface area contributed by atoms with Gasteiger partial charge in [0, 0.05) is 0 Å². The topological polar surface area (TPSA) is 0 Å². The van der Waals surface area contributed by atoms with Crippen LogP contribution in [0.25, 0.3) is 22.3 Å². The molecule has 0 spiro atoms. The predicted octanol–water partition coefficient (Wildman–Crippen LogP) is 5.97. The van der Waals surface area contributed by atoms with E-state index in [0.717, 1.165) is 12.8 Å². The van der Waals surface area contributed by atoms with Gasteiger partial charge in [-0.1, -0.05) is 92.2 Å². The van der Waals surface area contributed by atoms with E-state index in [9.17, 15) is 0 Å². The molecule has 21 heavy (non-hydrogen) atoms. The van der Waals surface area contributed by atoms with Gasteiger partial charge in [-0.25, -0.2) is 0 Å². The highest BCUT2D eigenvalue weighted by atomic mass is 14.1. The highest BCUT2D eigenvalue weighted by molar-refractivity contribution is 5.85. The summed E-state index contributed by atoms with van der Waals surface area (Å²) in [5, 5.41) is 0. The van der Waals surface area contributed by atoms with Crippen molar-refractivity contribution in [1.82, 2.24) is 0 Å². The molecule has 3 aromatic rings. The molecule has 0 unspecified atom stereocenters. The molecular weight excluding hydrogens is 252 g/mol. The molecule has 0 aromatic heterocycles. The summed E-state index contributed by atoms with van der Waals surface area (Å²) in [6.07, 6.45) is 2.28. The lowest BCUT2D eigenvalue weighted by Crippen LogP contribution is -1.93.